The first-order valence-electron chi connectivity index (χ1n) is 6.86. The zero-order chi connectivity index (χ0) is 11.7. The first-order chi connectivity index (χ1) is 8.40. The van der Waals surface area contributed by atoms with Crippen molar-refractivity contribution in [3.05, 3.63) is 35.4 Å². The molecule has 17 heavy (non-hydrogen) atoms. The largest absolute Gasteiger partial charge is 0.298 e. The highest BCUT2D eigenvalue weighted by atomic mass is 16.7. The second-order valence-corrected chi connectivity index (χ2v) is 5.32. The molecule has 3 unspecified atom stereocenters. The van der Waals surface area contributed by atoms with Gasteiger partial charge in [0.05, 0.1) is 6.10 Å². The van der Waals surface area contributed by atoms with Gasteiger partial charge < -0.3 is 0 Å². The molecule has 2 nitrogen and oxygen atoms in total. The van der Waals surface area contributed by atoms with Crippen molar-refractivity contribution in [3.8, 4) is 0 Å². The molecule has 0 saturated carbocycles. The Morgan fingerprint density at radius 3 is 3.12 bits per heavy atom. The molecule has 1 fully saturated rings. The Balaban J connectivity index is 1.94. The van der Waals surface area contributed by atoms with Crippen molar-refractivity contribution in [2.24, 2.45) is 5.92 Å². The Kier molecular flexibility index (Phi) is 3.17. The third kappa shape index (κ3) is 2.00. The summed E-state index contributed by atoms with van der Waals surface area (Å²) in [5.41, 5.74) is 6.24. The van der Waals surface area contributed by atoms with Gasteiger partial charge in [0.25, 0.3) is 0 Å². The number of fused-ring (bicyclic) bond motifs is 3. The molecule has 1 aliphatic heterocycles. The van der Waals surface area contributed by atoms with Crippen LogP contribution in [-0.4, -0.2) is 12.6 Å². The van der Waals surface area contributed by atoms with Crippen LogP contribution in [0.1, 0.15) is 43.2 Å². The lowest BCUT2D eigenvalue weighted by molar-refractivity contribution is -0.0972. The van der Waals surface area contributed by atoms with Crippen molar-refractivity contribution in [2.45, 2.75) is 44.6 Å². The molecule has 2 aliphatic rings. The number of hydroxylamine groups is 1. The summed E-state index contributed by atoms with van der Waals surface area (Å²) in [6.07, 6.45) is 5.27. The molecule has 1 aromatic carbocycles. The van der Waals surface area contributed by atoms with Crippen molar-refractivity contribution in [2.75, 3.05) is 6.54 Å². The minimum Gasteiger partial charge on any atom is -0.298 e. The summed E-state index contributed by atoms with van der Waals surface area (Å²) in [5, 5.41) is 0. The summed E-state index contributed by atoms with van der Waals surface area (Å²) in [5.74, 6) is 1.35. The summed E-state index contributed by atoms with van der Waals surface area (Å²) in [6, 6.07) is 8.93. The zero-order valence-corrected chi connectivity index (χ0v) is 10.5. The van der Waals surface area contributed by atoms with Crippen LogP contribution in [0.15, 0.2) is 24.3 Å². The van der Waals surface area contributed by atoms with Gasteiger partial charge in [-0.3, -0.25) is 4.84 Å². The molecule has 0 radical (unpaired) electrons. The van der Waals surface area contributed by atoms with Crippen LogP contribution >= 0.6 is 0 Å². The van der Waals surface area contributed by atoms with Crippen LogP contribution in [0.3, 0.4) is 0 Å². The van der Waals surface area contributed by atoms with E-state index in [9.17, 15) is 0 Å². The van der Waals surface area contributed by atoms with Gasteiger partial charge in [-0.2, -0.15) is 0 Å². The van der Waals surface area contributed by atoms with Gasteiger partial charge in [0.2, 0.25) is 0 Å². The average molecular weight is 230 g/mol. The van der Waals surface area contributed by atoms with Crippen molar-refractivity contribution in [1.82, 2.24) is 5.48 Å². The summed E-state index contributed by atoms with van der Waals surface area (Å²) in [6.45, 7) is 3.28. The van der Waals surface area contributed by atoms with Crippen LogP contribution in [-0.2, 0) is 11.3 Å². The van der Waals surface area contributed by atoms with E-state index in [-0.39, 0.29) is 0 Å². The van der Waals surface area contributed by atoms with E-state index in [1.165, 1.54) is 12.8 Å². The van der Waals surface area contributed by atoms with E-state index in [2.05, 4.69) is 36.7 Å². The molecule has 0 amide bonds. The maximum Gasteiger partial charge on any atom is 0.0865 e. The molecule has 1 N–H and O–H groups in total. The van der Waals surface area contributed by atoms with Gasteiger partial charge in [-0.05, 0) is 36.3 Å². The maximum absolute atomic E-state index is 5.77. The Hall–Kier alpha value is -0.860. The lowest BCUT2D eigenvalue weighted by atomic mass is 9.59. The zero-order valence-electron chi connectivity index (χ0n) is 10.5. The van der Waals surface area contributed by atoms with Crippen molar-refractivity contribution in [3.63, 3.8) is 0 Å². The molecule has 1 saturated heterocycles. The molecule has 0 bridgehead atoms. The predicted molar refractivity (Wildman–Crippen MR) is 68.8 cm³/mol. The van der Waals surface area contributed by atoms with Crippen molar-refractivity contribution in [1.29, 1.82) is 0 Å². The average Bonchev–Trinajstić information content (AvgIpc) is 2.39. The minimum absolute atomic E-state index is 0.384. The van der Waals surface area contributed by atoms with E-state index in [1.54, 1.807) is 11.1 Å². The van der Waals surface area contributed by atoms with Crippen LogP contribution in [0.2, 0.25) is 0 Å². The second kappa shape index (κ2) is 4.79. The monoisotopic (exact) mass is 230 g/mol. The lowest BCUT2D eigenvalue weighted by Gasteiger charge is -2.42. The molecule has 3 atom stereocenters. The standard InChI is InChI=1S/C15H21NO/c1-2-5-12-10-16-17-14-9-8-11-6-3-4-7-13(11)15(12)14/h3-4,6-7,12,14-16H,2,5,8-10H2,1H3/i5-1. The molecular formula is C15H21NO. The normalized spacial score (nSPS) is 31.7. The van der Waals surface area contributed by atoms with Gasteiger partial charge in [-0.1, -0.05) is 37.6 Å². The fraction of sp³-hybridized carbons (Fsp3) is 0.600. The molecule has 1 heterocycles. The Labute approximate surface area is 103 Å². The Bertz CT molecular complexity index is 388. The minimum atomic E-state index is 0.384. The first-order valence-corrected chi connectivity index (χ1v) is 6.86. The third-order valence-electron chi connectivity index (χ3n) is 4.26. The van der Waals surface area contributed by atoms with Crippen LogP contribution in [0.5, 0.6) is 0 Å². The highest BCUT2D eigenvalue weighted by molar-refractivity contribution is 5.34. The second-order valence-electron chi connectivity index (χ2n) is 5.32. The number of hydrogen-bond donors (Lipinski definition) is 1. The van der Waals surface area contributed by atoms with E-state index < -0.39 is 0 Å². The van der Waals surface area contributed by atoms with Crippen LogP contribution in [0.4, 0.5) is 0 Å². The van der Waals surface area contributed by atoms with E-state index in [1.807, 2.05) is 0 Å². The quantitative estimate of drug-likeness (QED) is 0.843. The molecule has 1 aromatic rings. The molecule has 3 rings (SSSR count). The number of rotatable bonds is 2. The topological polar surface area (TPSA) is 21.3 Å². The van der Waals surface area contributed by atoms with Gasteiger partial charge in [-0.15, -0.1) is 0 Å². The molecule has 92 valence electrons. The third-order valence-corrected chi connectivity index (χ3v) is 4.26. The Morgan fingerprint density at radius 2 is 2.24 bits per heavy atom. The van der Waals surface area contributed by atoms with Gasteiger partial charge in [0.15, 0.2) is 0 Å². The number of benzene rings is 1. The fourth-order valence-electron chi connectivity index (χ4n) is 3.50. The summed E-state index contributed by atoms with van der Waals surface area (Å²) >= 11 is 0. The van der Waals surface area contributed by atoms with E-state index in [0.717, 1.165) is 25.3 Å². The van der Waals surface area contributed by atoms with Gasteiger partial charge >= 0.3 is 0 Å². The van der Waals surface area contributed by atoms with Crippen LogP contribution in [0.25, 0.3) is 0 Å². The fourth-order valence-corrected chi connectivity index (χ4v) is 3.50. The van der Waals surface area contributed by atoms with Crippen molar-refractivity contribution >= 4 is 0 Å². The number of hydrogen-bond acceptors (Lipinski definition) is 2. The summed E-state index contributed by atoms with van der Waals surface area (Å²) < 4.78 is 0. The van der Waals surface area contributed by atoms with Crippen LogP contribution in [0, 0.1) is 5.92 Å². The summed E-state index contributed by atoms with van der Waals surface area (Å²) in [4.78, 5) is 5.77. The lowest BCUT2D eigenvalue weighted by Crippen LogP contribution is -2.45. The predicted octanol–water partition coefficient (Wildman–Crippen LogP) is 3.04. The number of aryl methyl sites for hydroxylation is 1. The SMILES string of the molecule is CC[11CH2]C1CNOC2CCc3ccccc3C12. The highest BCUT2D eigenvalue weighted by Crippen LogP contribution is 2.41. The molecule has 1 aliphatic carbocycles. The highest BCUT2D eigenvalue weighted by Gasteiger charge is 2.38. The summed E-state index contributed by atoms with van der Waals surface area (Å²) in [7, 11) is 0. The van der Waals surface area contributed by atoms with Gasteiger partial charge in [-0.25, -0.2) is 5.48 Å². The van der Waals surface area contributed by atoms with E-state index in [0.29, 0.717) is 12.0 Å². The number of nitrogens with one attached hydrogen (secondary N) is 1. The van der Waals surface area contributed by atoms with E-state index in [4.69, 9.17) is 4.84 Å². The van der Waals surface area contributed by atoms with Crippen LogP contribution < -0.4 is 5.48 Å². The molecule has 0 spiro atoms. The maximum atomic E-state index is 5.77. The van der Waals surface area contributed by atoms with Gasteiger partial charge in [0.1, 0.15) is 0 Å². The smallest absolute Gasteiger partial charge is 0.0865 e. The van der Waals surface area contributed by atoms with Crippen molar-refractivity contribution < 1.29 is 4.84 Å². The van der Waals surface area contributed by atoms with E-state index >= 15 is 0 Å². The Morgan fingerprint density at radius 1 is 1.35 bits per heavy atom. The van der Waals surface area contributed by atoms with Gasteiger partial charge in [0, 0.05) is 12.5 Å². The first kappa shape index (κ1) is 11.2. The molecular weight excluding hydrogens is 209 g/mol. The molecule has 2 heteroatoms. The molecule has 0 aromatic heterocycles.